The van der Waals surface area contributed by atoms with Crippen LogP contribution >= 0.6 is 0 Å². The molecule has 138 valence electrons. The van der Waals surface area contributed by atoms with Gasteiger partial charge in [-0.05, 0) is 24.1 Å². The SMILES string of the molecule is C=C/C=C1\C(=C/C)OCC(c2ccccc2)C1C(=O)OCc1ccccc1. The van der Waals surface area contributed by atoms with Crippen molar-refractivity contribution in [2.75, 3.05) is 6.61 Å². The smallest absolute Gasteiger partial charge is 0.314 e. The Hall–Kier alpha value is -3.07. The average molecular weight is 360 g/mol. The first-order valence-electron chi connectivity index (χ1n) is 9.12. The molecule has 0 aliphatic carbocycles. The van der Waals surface area contributed by atoms with Crippen LogP contribution in [0.25, 0.3) is 0 Å². The molecule has 2 atom stereocenters. The summed E-state index contributed by atoms with van der Waals surface area (Å²) in [4.78, 5) is 13.1. The molecule has 1 heterocycles. The van der Waals surface area contributed by atoms with E-state index in [1.165, 1.54) is 0 Å². The molecule has 2 unspecified atom stereocenters. The lowest BCUT2D eigenvalue weighted by molar-refractivity contribution is -0.150. The predicted octanol–water partition coefficient (Wildman–Crippen LogP) is 5.18. The van der Waals surface area contributed by atoms with E-state index < -0.39 is 5.92 Å². The van der Waals surface area contributed by atoms with Gasteiger partial charge in [-0.15, -0.1) is 0 Å². The summed E-state index contributed by atoms with van der Waals surface area (Å²) >= 11 is 0. The third-order valence-electron chi connectivity index (χ3n) is 4.71. The van der Waals surface area contributed by atoms with Crippen LogP contribution in [0.1, 0.15) is 24.0 Å². The summed E-state index contributed by atoms with van der Waals surface area (Å²) in [5, 5.41) is 0. The molecule has 1 fully saturated rings. The Kier molecular flexibility index (Phi) is 6.26. The molecule has 27 heavy (non-hydrogen) atoms. The summed E-state index contributed by atoms with van der Waals surface area (Å²) in [7, 11) is 0. The minimum atomic E-state index is -0.436. The van der Waals surface area contributed by atoms with Crippen molar-refractivity contribution in [3.63, 3.8) is 0 Å². The summed E-state index contributed by atoms with van der Waals surface area (Å²) in [6.07, 6.45) is 5.42. The largest absolute Gasteiger partial charge is 0.493 e. The standard InChI is InChI=1S/C24H24O3/c1-3-11-20-22(4-2)26-17-21(19-14-9-6-10-15-19)23(20)24(25)27-16-18-12-7-5-8-13-18/h3-15,21,23H,1,16-17H2,2H3/b20-11+,22-4+. The van der Waals surface area contributed by atoms with Gasteiger partial charge in [0.15, 0.2) is 0 Å². The van der Waals surface area contributed by atoms with Crippen LogP contribution in [0.2, 0.25) is 0 Å². The Morgan fingerprint density at radius 1 is 1.15 bits per heavy atom. The summed E-state index contributed by atoms with van der Waals surface area (Å²) in [6.45, 7) is 6.39. The van der Waals surface area contributed by atoms with Crippen molar-refractivity contribution in [3.8, 4) is 0 Å². The lowest BCUT2D eigenvalue weighted by atomic mass is 9.78. The zero-order valence-electron chi connectivity index (χ0n) is 15.5. The van der Waals surface area contributed by atoms with Crippen molar-refractivity contribution in [1.29, 1.82) is 0 Å². The van der Waals surface area contributed by atoms with Crippen LogP contribution in [0.5, 0.6) is 0 Å². The molecule has 2 aromatic rings. The average Bonchev–Trinajstić information content (AvgIpc) is 2.73. The fraction of sp³-hybridized carbons (Fsp3) is 0.208. The van der Waals surface area contributed by atoms with Crippen molar-refractivity contribution >= 4 is 5.97 Å². The lowest BCUT2D eigenvalue weighted by Gasteiger charge is -2.34. The van der Waals surface area contributed by atoms with E-state index in [0.29, 0.717) is 12.4 Å². The Bertz CT molecular complexity index is 834. The molecule has 1 aliphatic heterocycles. The number of benzene rings is 2. The maximum atomic E-state index is 13.1. The van der Waals surface area contributed by atoms with Crippen LogP contribution in [0.3, 0.4) is 0 Å². The number of rotatable bonds is 5. The molecule has 0 radical (unpaired) electrons. The van der Waals surface area contributed by atoms with E-state index in [1.54, 1.807) is 6.08 Å². The van der Waals surface area contributed by atoms with E-state index in [-0.39, 0.29) is 18.5 Å². The van der Waals surface area contributed by atoms with Crippen LogP contribution in [-0.4, -0.2) is 12.6 Å². The van der Waals surface area contributed by atoms with Crippen molar-refractivity contribution in [2.24, 2.45) is 5.92 Å². The van der Waals surface area contributed by atoms with E-state index in [2.05, 4.69) is 6.58 Å². The molecule has 0 N–H and O–H groups in total. The first-order chi connectivity index (χ1) is 13.2. The predicted molar refractivity (Wildman–Crippen MR) is 107 cm³/mol. The van der Waals surface area contributed by atoms with Gasteiger partial charge in [-0.1, -0.05) is 79.4 Å². The number of allylic oxidation sites excluding steroid dienone is 4. The zero-order valence-corrected chi connectivity index (χ0v) is 15.5. The molecule has 0 saturated carbocycles. The Morgan fingerprint density at radius 2 is 1.81 bits per heavy atom. The number of hydrogen-bond acceptors (Lipinski definition) is 3. The van der Waals surface area contributed by atoms with Gasteiger partial charge in [0.05, 0.1) is 12.5 Å². The third-order valence-corrected chi connectivity index (χ3v) is 4.71. The monoisotopic (exact) mass is 360 g/mol. The van der Waals surface area contributed by atoms with E-state index in [9.17, 15) is 4.79 Å². The molecule has 3 rings (SSSR count). The van der Waals surface area contributed by atoms with E-state index >= 15 is 0 Å². The van der Waals surface area contributed by atoms with Gasteiger partial charge >= 0.3 is 5.97 Å². The molecule has 0 bridgehead atoms. The van der Waals surface area contributed by atoms with Crippen molar-refractivity contribution in [3.05, 3.63) is 108 Å². The molecule has 0 amide bonds. The number of ether oxygens (including phenoxy) is 2. The highest BCUT2D eigenvalue weighted by atomic mass is 16.5. The Labute approximate surface area is 160 Å². The lowest BCUT2D eigenvalue weighted by Crippen LogP contribution is -2.34. The second-order valence-electron chi connectivity index (χ2n) is 6.41. The maximum absolute atomic E-state index is 13.1. The highest BCUT2D eigenvalue weighted by molar-refractivity contribution is 5.79. The topological polar surface area (TPSA) is 35.5 Å². The van der Waals surface area contributed by atoms with Crippen LogP contribution < -0.4 is 0 Å². The normalized spacial score (nSPS) is 22.3. The number of esters is 1. The zero-order chi connectivity index (χ0) is 19.1. The van der Waals surface area contributed by atoms with Gasteiger partial charge < -0.3 is 9.47 Å². The van der Waals surface area contributed by atoms with Crippen LogP contribution in [0.4, 0.5) is 0 Å². The van der Waals surface area contributed by atoms with Gasteiger partial charge in [0.2, 0.25) is 0 Å². The van der Waals surface area contributed by atoms with Gasteiger partial charge in [0, 0.05) is 11.5 Å². The fourth-order valence-corrected chi connectivity index (χ4v) is 3.39. The van der Waals surface area contributed by atoms with Gasteiger partial charge in [-0.25, -0.2) is 0 Å². The second kappa shape index (κ2) is 9.04. The first-order valence-corrected chi connectivity index (χ1v) is 9.12. The van der Waals surface area contributed by atoms with E-state index in [1.807, 2.05) is 79.7 Å². The summed E-state index contributed by atoms with van der Waals surface area (Å²) in [5.41, 5.74) is 2.84. The first kappa shape index (κ1) is 18.7. The highest BCUT2D eigenvalue weighted by Crippen LogP contribution is 2.40. The van der Waals surface area contributed by atoms with Crippen molar-refractivity contribution in [1.82, 2.24) is 0 Å². The Balaban J connectivity index is 1.91. The quantitative estimate of drug-likeness (QED) is 0.690. The van der Waals surface area contributed by atoms with Crippen molar-refractivity contribution < 1.29 is 14.3 Å². The minimum Gasteiger partial charge on any atom is -0.493 e. The fourth-order valence-electron chi connectivity index (χ4n) is 3.39. The minimum absolute atomic E-state index is 0.107. The number of carbonyl (C=O) groups is 1. The molecule has 3 heteroatoms. The summed E-state index contributed by atoms with van der Waals surface area (Å²) < 4.78 is 11.6. The van der Waals surface area contributed by atoms with Gasteiger partial charge in [-0.3, -0.25) is 4.79 Å². The highest BCUT2D eigenvalue weighted by Gasteiger charge is 2.39. The number of carbonyl (C=O) groups excluding carboxylic acids is 1. The van der Waals surface area contributed by atoms with E-state index in [4.69, 9.17) is 9.47 Å². The molecule has 1 saturated heterocycles. The van der Waals surface area contributed by atoms with Crippen molar-refractivity contribution in [2.45, 2.75) is 19.4 Å². The van der Waals surface area contributed by atoms with Crippen LogP contribution in [0, 0.1) is 5.92 Å². The summed E-state index contributed by atoms with van der Waals surface area (Å²) in [5.74, 6) is -0.0781. The van der Waals surface area contributed by atoms with Gasteiger partial charge in [0.25, 0.3) is 0 Å². The number of hydrogen-bond donors (Lipinski definition) is 0. The molecule has 2 aromatic carbocycles. The third kappa shape index (κ3) is 4.37. The van der Waals surface area contributed by atoms with Gasteiger partial charge in [-0.2, -0.15) is 0 Å². The maximum Gasteiger partial charge on any atom is 0.314 e. The summed E-state index contributed by atoms with van der Waals surface area (Å²) in [6, 6.07) is 19.7. The molecular weight excluding hydrogens is 336 g/mol. The van der Waals surface area contributed by atoms with Crippen LogP contribution in [-0.2, 0) is 20.9 Å². The van der Waals surface area contributed by atoms with Crippen LogP contribution in [0.15, 0.2) is 96.8 Å². The molecular formula is C24H24O3. The molecule has 0 spiro atoms. The Morgan fingerprint density at radius 3 is 2.44 bits per heavy atom. The second-order valence-corrected chi connectivity index (χ2v) is 6.41. The molecule has 1 aliphatic rings. The van der Waals surface area contributed by atoms with Gasteiger partial charge in [0.1, 0.15) is 12.4 Å². The van der Waals surface area contributed by atoms with E-state index in [0.717, 1.165) is 16.7 Å². The molecule has 3 nitrogen and oxygen atoms in total. The molecule has 0 aromatic heterocycles.